The number of ether oxygens (including phenoxy) is 1. The number of aryl methyl sites for hydroxylation is 1. The number of rotatable bonds is 3. The van der Waals surface area contributed by atoms with Crippen LogP contribution in [-0.2, 0) is 12.8 Å². The lowest BCUT2D eigenvalue weighted by Crippen LogP contribution is -2.18. The summed E-state index contributed by atoms with van der Waals surface area (Å²) in [4.78, 5) is 0.457. The van der Waals surface area contributed by atoms with Crippen molar-refractivity contribution in [3.05, 3.63) is 65.2 Å². The van der Waals surface area contributed by atoms with E-state index in [1.807, 2.05) is 6.07 Å². The van der Waals surface area contributed by atoms with Crippen LogP contribution >= 0.6 is 15.9 Å². The fraction of sp³-hybridized carbons (Fsp3) is 0.333. The minimum Gasteiger partial charge on any atom is -0.497 e. The zero-order chi connectivity index (χ0) is 13.9. The number of hydrogen-bond acceptors (Lipinski definition) is 1. The van der Waals surface area contributed by atoms with Crippen LogP contribution in [0.25, 0.3) is 0 Å². The van der Waals surface area contributed by atoms with Crippen LogP contribution in [0.2, 0.25) is 0 Å². The predicted octanol–water partition coefficient (Wildman–Crippen LogP) is 4.94. The summed E-state index contributed by atoms with van der Waals surface area (Å²) < 4.78 is 5.32. The maximum absolute atomic E-state index is 5.32. The van der Waals surface area contributed by atoms with Gasteiger partial charge in [0.1, 0.15) is 5.75 Å². The molecule has 0 saturated carbocycles. The molecule has 1 aliphatic carbocycles. The highest BCUT2D eigenvalue weighted by molar-refractivity contribution is 9.09. The Morgan fingerprint density at radius 1 is 1.15 bits per heavy atom. The van der Waals surface area contributed by atoms with Gasteiger partial charge in [-0.25, -0.2) is 0 Å². The summed E-state index contributed by atoms with van der Waals surface area (Å²) >= 11 is 3.92. The zero-order valence-corrected chi connectivity index (χ0v) is 13.3. The summed E-state index contributed by atoms with van der Waals surface area (Å²) in [6.45, 7) is 0. The molecule has 2 unspecified atom stereocenters. The van der Waals surface area contributed by atoms with E-state index in [1.165, 1.54) is 29.5 Å². The van der Waals surface area contributed by atoms with Crippen LogP contribution in [0.3, 0.4) is 0 Å². The molecule has 1 aliphatic rings. The van der Waals surface area contributed by atoms with Crippen molar-refractivity contribution >= 4 is 15.9 Å². The SMILES string of the molecule is COc1cccc(CC2CCc3ccccc3C2Br)c1. The van der Waals surface area contributed by atoms with Crippen LogP contribution in [0.15, 0.2) is 48.5 Å². The topological polar surface area (TPSA) is 9.23 Å². The van der Waals surface area contributed by atoms with Crippen LogP contribution in [0, 0.1) is 5.92 Å². The number of benzene rings is 2. The molecule has 0 fully saturated rings. The van der Waals surface area contributed by atoms with Crippen molar-refractivity contribution in [3.63, 3.8) is 0 Å². The first-order valence-corrected chi connectivity index (χ1v) is 8.04. The van der Waals surface area contributed by atoms with E-state index in [-0.39, 0.29) is 0 Å². The molecule has 104 valence electrons. The molecule has 0 heterocycles. The van der Waals surface area contributed by atoms with Gasteiger partial charge in [-0.15, -0.1) is 0 Å². The molecule has 0 radical (unpaired) electrons. The van der Waals surface area contributed by atoms with Gasteiger partial charge in [-0.1, -0.05) is 52.3 Å². The first kappa shape index (κ1) is 13.7. The number of hydrogen-bond donors (Lipinski definition) is 0. The van der Waals surface area contributed by atoms with Gasteiger partial charge in [-0.05, 0) is 54.0 Å². The highest BCUT2D eigenvalue weighted by Gasteiger charge is 2.27. The molecule has 2 heteroatoms. The lowest BCUT2D eigenvalue weighted by Gasteiger charge is -2.30. The van der Waals surface area contributed by atoms with Crippen molar-refractivity contribution in [2.45, 2.75) is 24.1 Å². The molecule has 0 spiro atoms. The number of fused-ring (bicyclic) bond motifs is 1. The second-order valence-electron chi connectivity index (χ2n) is 5.45. The van der Waals surface area contributed by atoms with Crippen LogP contribution < -0.4 is 4.74 Å². The first-order chi connectivity index (χ1) is 9.78. The van der Waals surface area contributed by atoms with Crippen molar-refractivity contribution in [2.24, 2.45) is 5.92 Å². The molecule has 0 amide bonds. The average molecular weight is 331 g/mol. The van der Waals surface area contributed by atoms with Crippen molar-refractivity contribution in [1.82, 2.24) is 0 Å². The van der Waals surface area contributed by atoms with Crippen LogP contribution in [-0.4, -0.2) is 7.11 Å². The third-order valence-corrected chi connectivity index (χ3v) is 5.42. The average Bonchev–Trinajstić information content (AvgIpc) is 2.50. The van der Waals surface area contributed by atoms with Crippen LogP contribution in [0.5, 0.6) is 5.75 Å². The molecule has 20 heavy (non-hydrogen) atoms. The second-order valence-corrected chi connectivity index (χ2v) is 6.44. The van der Waals surface area contributed by atoms with Crippen molar-refractivity contribution in [3.8, 4) is 5.75 Å². The van der Waals surface area contributed by atoms with E-state index in [9.17, 15) is 0 Å². The Hall–Kier alpha value is -1.28. The molecule has 2 aromatic rings. The summed E-state index contributed by atoms with van der Waals surface area (Å²) in [6.07, 6.45) is 3.53. The molecule has 0 aliphatic heterocycles. The number of alkyl halides is 1. The van der Waals surface area contributed by atoms with Gasteiger partial charge in [0.05, 0.1) is 7.11 Å². The van der Waals surface area contributed by atoms with E-state index in [2.05, 4.69) is 58.4 Å². The Morgan fingerprint density at radius 3 is 2.85 bits per heavy atom. The Balaban J connectivity index is 1.79. The molecule has 0 saturated heterocycles. The Labute approximate surface area is 129 Å². The minimum atomic E-state index is 0.457. The molecule has 3 rings (SSSR count). The van der Waals surface area contributed by atoms with Crippen LogP contribution in [0.1, 0.15) is 27.9 Å². The largest absolute Gasteiger partial charge is 0.497 e. The van der Waals surface area contributed by atoms with E-state index in [0.717, 1.165) is 12.2 Å². The summed E-state index contributed by atoms with van der Waals surface area (Å²) in [5.41, 5.74) is 4.32. The summed E-state index contributed by atoms with van der Waals surface area (Å²) in [5, 5.41) is 0. The third-order valence-electron chi connectivity index (χ3n) is 4.18. The maximum atomic E-state index is 5.32. The van der Waals surface area contributed by atoms with E-state index in [4.69, 9.17) is 4.74 Å². The van der Waals surface area contributed by atoms with Crippen molar-refractivity contribution in [2.75, 3.05) is 7.11 Å². The van der Waals surface area contributed by atoms with E-state index in [1.54, 1.807) is 7.11 Å². The Bertz CT molecular complexity index is 593. The van der Waals surface area contributed by atoms with Gasteiger partial charge in [0, 0.05) is 4.83 Å². The number of halogens is 1. The molecular formula is C18H19BrO. The molecule has 0 aromatic heterocycles. The zero-order valence-electron chi connectivity index (χ0n) is 11.7. The summed E-state index contributed by atoms with van der Waals surface area (Å²) in [6, 6.07) is 17.2. The van der Waals surface area contributed by atoms with Gasteiger partial charge in [-0.3, -0.25) is 0 Å². The third kappa shape index (κ3) is 2.76. The smallest absolute Gasteiger partial charge is 0.119 e. The van der Waals surface area contributed by atoms with E-state index >= 15 is 0 Å². The summed E-state index contributed by atoms with van der Waals surface area (Å²) in [7, 11) is 1.73. The van der Waals surface area contributed by atoms with Crippen LogP contribution in [0.4, 0.5) is 0 Å². The molecule has 2 atom stereocenters. The lowest BCUT2D eigenvalue weighted by atomic mass is 9.81. The minimum absolute atomic E-state index is 0.457. The normalized spacial score (nSPS) is 21.3. The van der Waals surface area contributed by atoms with Gasteiger partial charge < -0.3 is 4.74 Å². The quantitative estimate of drug-likeness (QED) is 0.724. The van der Waals surface area contributed by atoms with Gasteiger partial charge in [0.15, 0.2) is 0 Å². The highest BCUT2D eigenvalue weighted by Crippen LogP contribution is 2.42. The fourth-order valence-electron chi connectivity index (χ4n) is 3.08. The van der Waals surface area contributed by atoms with E-state index < -0.39 is 0 Å². The molecule has 0 N–H and O–H groups in total. The maximum Gasteiger partial charge on any atom is 0.119 e. The molecular weight excluding hydrogens is 312 g/mol. The van der Waals surface area contributed by atoms with E-state index in [0.29, 0.717) is 10.7 Å². The van der Waals surface area contributed by atoms with Gasteiger partial charge >= 0.3 is 0 Å². The molecule has 1 nitrogen and oxygen atoms in total. The Kier molecular flexibility index (Phi) is 4.11. The summed E-state index contributed by atoms with van der Waals surface area (Å²) in [5.74, 6) is 1.60. The first-order valence-electron chi connectivity index (χ1n) is 7.12. The number of methoxy groups -OCH3 is 1. The lowest BCUT2D eigenvalue weighted by molar-refractivity contribution is 0.412. The van der Waals surface area contributed by atoms with Gasteiger partial charge in [0.2, 0.25) is 0 Å². The Morgan fingerprint density at radius 2 is 2.00 bits per heavy atom. The van der Waals surface area contributed by atoms with Gasteiger partial charge in [0.25, 0.3) is 0 Å². The highest BCUT2D eigenvalue weighted by atomic mass is 79.9. The fourth-order valence-corrected chi connectivity index (χ4v) is 3.98. The van der Waals surface area contributed by atoms with Gasteiger partial charge in [-0.2, -0.15) is 0 Å². The molecule has 2 aromatic carbocycles. The van der Waals surface area contributed by atoms with Crippen molar-refractivity contribution in [1.29, 1.82) is 0 Å². The molecule has 0 bridgehead atoms. The second kappa shape index (κ2) is 6.01. The predicted molar refractivity (Wildman–Crippen MR) is 86.6 cm³/mol. The monoisotopic (exact) mass is 330 g/mol. The van der Waals surface area contributed by atoms with Crippen molar-refractivity contribution < 1.29 is 4.74 Å². The standard InChI is InChI=1S/C18H19BrO/c1-20-16-7-4-5-13(12-16)11-15-10-9-14-6-2-3-8-17(14)18(15)19/h2-8,12,15,18H,9-11H2,1H3.